The van der Waals surface area contributed by atoms with E-state index in [0.717, 1.165) is 34.5 Å². The van der Waals surface area contributed by atoms with Gasteiger partial charge in [0.1, 0.15) is 12.1 Å². The van der Waals surface area contributed by atoms with Crippen LogP contribution in [-0.4, -0.2) is 87.4 Å². The van der Waals surface area contributed by atoms with Gasteiger partial charge in [0.25, 0.3) is 0 Å². The third kappa shape index (κ3) is 8.39. The van der Waals surface area contributed by atoms with E-state index in [9.17, 15) is 24.3 Å². The van der Waals surface area contributed by atoms with Gasteiger partial charge in [-0.2, -0.15) is 0 Å². The van der Waals surface area contributed by atoms with E-state index in [-0.39, 0.29) is 50.2 Å². The van der Waals surface area contributed by atoms with Crippen LogP contribution in [0.5, 0.6) is 0 Å². The van der Waals surface area contributed by atoms with Crippen molar-refractivity contribution in [3.63, 3.8) is 0 Å². The monoisotopic (exact) mass is 612 g/mol. The number of likely N-dealkylation sites (tertiary alicyclic amines) is 2. The summed E-state index contributed by atoms with van der Waals surface area (Å²) in [7, 11) is 0. The lowest BCUT2D eigenvalue weighted by molar-refractivity contribution is -0.144. The molecular formula is C31H44N6O5S. The second-order valence-corrected chi connectivity index (χ2v) is 13.5. The molecule has 0 bridgehead atoms. The molecule has 11 nitrogen and oxygen atoms in total. The number of rotatable bonds is 9. The van der Waals surface area contributed by atoms with Crippen molar-refractivity contribution >= 4 is 35.0 Å². The Hall–Kier alpha value is -3.35. The highest BCUT2D eigenvalue weighted by Gasteiger charge is 2.44. The summed E-state index contributed by atoms with van der Waals surface area (Å²) in [5.74, 6) is -1.31. The lowest BCUT2D eigenvalue weighted by Gasteiger charge is -2.35. The molecule has 43 heavy (non-hydrogen) atoms. The summed E-state index contributed by atoms with van der Waals surface area (Å²) in [5.41, 5.74) is 9.98. The van der Waals surface area contributed by atoms with Crippen molar-refractivity contribution in [1.82, 2.24) is 25.4 Å². The van der Waals surface area contributed by atoms with Gasteiger partial charge in [-0.1, -0.05) is 45.0 Å². The molecule has 0 radical (unpaired) electrons. The van der Waals surface area contributed by atoms with Crippen LogP contribution in [0.25, 0.3) is 10.4 Å². The number of amides is 4. The maximum atomic E-state index is 13.8. The van der Waals surface area contributed by atoms with Gasteiger partial charge in [0, 0.05) is 51.5 Å². The highest BCUT2D eigenvalue weighted by Crippen LogP contribution is 2.28. The summed E-state index contributed by atoms with van der Waals surface area (Å²) in [5, 5.41) is 16.2. The molecule has 12 heteroatoms. The number of nitrogens with one attached hydrogen (secondary N) is 2. The van der Waals surface area contributed by atoms with Crippen LogP contribution >= 0.6 is 11.3 Å². The van der Waals surface area contributed by atoms with Crippen LogP contribution in [0.2, 0.25) is 0 Å². The fourth-order valence-corrected chi connectivity index (χ4v) is 6.35. The largest absolute Gasteiger partial charge is 0.391 e. The van der Waals surface area contributed by atoms with Crippen molar-refractivity contribution < 1.29 is 24.3 Å². The molecule has 2 aliphatic heterocycles. The number of aryl methyl sites for hydroxylation is 1. The van der Waals surface area contributed by atoms with E-state index < -0.39 is 35.4 Å². The first-order chi connectivity index (χ1) is 20.3. The van der Waals surface area contributed by atoms with Gasteiger partial charge in [-0.25, -0.2) is 4.98 Å². The zero-order valence-electron chi connectivity index (χ0n) is 25.5. The van der Waals surface area contributed by atoms with Crippen molar-refractivity contribution in [3.05, 3.63) is 41.0 Å². The van der Waals surface area contributed by atoms with Gasteiger partial charge in [-0.05, 0) is 36.3 Å². The quantitative estimate of drug-likeness (QED) is 0.337. The van der Waals surface area contributed by atoms with E-state index in [1.807, 2.05) is 57.5 Å². The molecule has 4 rings (SSSR count). The van der Waals surface area contributed by atoms with Gasteiger partial charge in [0.15, 0.2) is 0 Å². The number of β-amino-alcohol motifs (C(OH)–C–C–N with tert-alkyl or cyclic N) is 1. The maximum absolute atomic E-state index is 13.8. The highest BCUT2D eigenvalue weighted by molar-refractivity contribution is 7.13. The summed E-state index contributed by atoms with van der Waals surface area (Å²) in [6.45, 7) is 8.90. The van der Waals surface area contributed by atoms with Crippen LogP contribution in [0.15, 0.2) is 29.8 Å². The number of benzene rings is 1. The molecule has 0 spiro atoms. The third-order valence-corrected chi connectivity index (χ3v) is 9.15. The summed E-state index contributed by atoms with van der Waals surface area (Å²) in [6.07, 6.45) is 0.746. The van der Waals surface area contributed by atoms with Crippen LogP contribution in [0, 0.1) is 12.3 Å². The number of thiazole rings is 1. The smallest absolute Gasteiger partial charge is 0.246 e. The lowest BCUT2D eigenvalue weighted by Crippen LogP contribution is -2.57. The SMILES string of the molecule is Cc1ncsc1-c1ccc(CNC(=O)[C@@H]2C[C@@H](O)CN2C(=O)[C@@H](NC(=O)CCC(=O)N2CCC(N)CC2)C(C)(C)C)cc1. The molecule has 3 atom stereocenters. The Kier molecular flexibility index (Phi) is 10.6. The first-order valence-electron chi connectivity index (χ1n) is 14.9. The molecule has 2 fully saturated rings. The zero-order valence-corrected chi connectivity index (χ0v) is 26.3. The Morgan fingerprint density at radius 1 is 1.12 bits per heavy atom. The van der Waals surface area contributed by atoms with Gasteiger partial charge < -0.3 is 31.3 Å². The molecule has 4 amide bonds. The summed E-state index contributed by atoms with van der Waals surface area (Å²) in [4.78, 5) is 61.0. The van der Waals surface area contributed by atoms with Crippen molar-refractivity contribution in [1.29, 1.82) is 0 Å². The number of aromatic nitrogens is 1. The summed E-state index contributed by atoms with van der Waals surface area (Å²) >= 11 is 1.57. The van der Waals surface area contributed by atoms with Crippen molar-refractivity contribution in [2.45, 2.75) is 90.6 Å². The van der Waals surface area contributed by atoms with E-state index in [4.69, 9.17) is 5.73 Å². The Morgan fingerprint density at radius 3 is 2.40 bits per heavy atom. The first kappa shape index (κ1) is 32.6. The molecule has 2 aromatic rings. The molecule has 1 aromatic heterocycles. The van der Waals surface area contributed by atoms with Crippen LogP contribution in [0.3, 0.4) is 0 Å². The number of carbonyl (C=O) groups is 4. The number of aliphatic hydroxyl groups is 1. The van der Waals surface area contributed by atoms with E-state index in [0.29, 0.717) is 13.1 Å². The Morgan fingerprint density at radius 2 is 1.79 bits per heavy atom. The predicted molar refractivity (Wildman–Crippen MR) is 165 cm³/mol. The van der Waals surface area contributed by atoms with Crippen LogP contribution < -0.4 is 16.4 Å². The van der Waals surface area contributed by atoms with Crippen LogP contribution in [-0.2, 0) is 25.7 Å². The number of hydrogen-bond donors (Lipinski definition) is 4. The topological polar surface area (TPSA) is 158 Å². The minimum atomic E-state index is -0.938. The maximum Gasteiger partial charge on any atom is 0.246 e. The summed E-state index contributed by atoms with van der Waals surface area (Å²) in [6, 6.07) is 6.16. The highest BCUT2D eigenvalue weighted by atomic mass is 32.1. The van der Waals surface area contributed by atoms with E-state index in [1.165, 1.54) is 4.90 Å². The van der Waals surface area contributed by atoms with Crippen molar-refractivity contribution in [3.8, 4) is 10.4 Å². The fourth-order valence-electron chi connectivity index (χ4n) is 5.54. The number of carbonyl (C=O) groups excluding carboxylic acids is 4. The minimum Gasteiger partial charge on any atom is -0.391 e. The van der Waals surface area contributed by atoms with Gasteiger partial charge >= 0.3 is 0 Å². The van der Waals surface area contributed by atoms with Gasteiger partial charge in [-0.3, -0.25) is 19.2 Å². The zero-order chi connectivity index (χ0) is 31.3. The number of hydrogen-bond acceptors (Lipinski definition) is 8. The van der Waals surface area contributed by atoms with Crippen LogP contribution in [0.4, 0.5) is 0 Å². The molecule has 5 N–H and O–H groups in total. The fraction of sp³-hybridized carbons (Fsp3) is 0.581. The second-order valence-electron chi connectivity index (χ2n) is 12.7. The van der Waals surface area contributed by atoms with Gasteiger partial charge in [0.05, 0.1) is 22.2 Å². The van der Waals surface area contributed by atoms with E-state index >= 15 is 0 Å². The molecule has 2 aliphatic rings. The second kappa shape index (κ2) is 14.0. The lowest BCUT2D eigenvalue weighted by atomic mass is 9.85. The first-order valence-corrected chi connectivity index (χ1v) is 15.8. The number of aliphatic hydroxyl groups excluding tert-OH is 1. The predicted octanol–water partition coefficient (Wildman–Crippen LogP) is 1.96. The Balaban J connectivity index is 1.34. The minimum absolute atomic E-state index is 0.00213. The molecule has 234 valence electrons. The third-order valence-electron chi connectivity index (χ3n) is 8.17. The Labute approximate surface area is 257 Å². The van der Waals surface area contributed by atoms with Gasteiger partial charge in [-0.15, -0.1) is 11.3 Å². The number of nitrogens with zero attached hydrogens (tertiary/aromatic N) is 3. The molecular weight excluding hydrogens is 568 g/mol. The number of nitrogens with two attached hydrogens (primary N) is 1. The van der Waals surface area contributed by atoms with Gasteiger partial charge in [0.2, 0.25) is 23.6 Å². The normalized spacial score (nSPS) is 20.1. The van der Waals surface area contributed by atoms with Crippen molar-refractivity contribution in [2.24, 2.45) is 11.1 Å². The Bertz CT molecular complexity index is 1300. The molecule has 1 aromatic carbocycles. The summed E-state index contributed by atoms with van der Waals surface area (Å²) < 4.78 is 0. The molecule has 2 saturated heterocycles. The number of piperidine rings is 1. The van der Waals surface area contributed by atoms with Crippen LogP contribution in [0.1, 0.15) is 64.1 Å². The van der Waals surface area contributed by atoms with Crippen molar-refractivity contribution in [2.75, 3.05) is 19.6 Å². The average Bonchev–Trinajstić information content (AvgIpc) is 3.58. The molecule has 0 aliphatic carbocycles. The molecule has 0 saturated carbocycles. The van der Waals surface area contributed by atoms with E-state index in [2.05, 4.69) is 15.6 Å². The average molecular weight is 613 g/mol. The molecule has 0 unspecified atom stereocenters. The van der Waals surface area contributed by atoms with E-state index in [1.54, 1.807) is 16.2 Å². The standard InChI is InChI=1S/C31H44N6O5S/c1-19-27(43-18-34-19)21-7-5-20(6-8-21)16-33-29(41)24-15-23(38)17-37(24)30(42)28(31(2,3)4)35-25(39)9-10-26(40)36-13-11-22(32)12-14-36/h5-8,18,22-24,28,38H,9-17,32H2,1-4H3,(H,33,41)(H,35,39)/t23-,24+,28-/m1/s1. The molecule has 3 heterocycles.